The zero-order valence-electron chi connectivity index (χ0n) is 15.2. The minimum Gasteiger partial charge on any atom is -0.495 e. The van der Waals surface area contributed by atoms with Gasteiger partial charge < -0.3 is 15.0 Å². The van der Waals surface area contributed by atoms with E-state index in [4.69, 9.17) is 4.74 Å². The number of carbonyl (C=O) groups excluding carboxylic acids is 1. The lowest BCUT2D eigenvalue weighted by molar-refractivity contribution is -0.384. The maximum absolute atomic E-state index is 12.9. The van der Waals surface area contributed by atoms with Crippen LogP contribution in [0.5, 0.6) is 5.75 Å². The molecule has 3 rings (SSSR count). The molecule has 1 N–H and O–H groups in total. The number of non-ortho nitro benzene ring substituents is 1. The second-order valence-corrected chi connectivity index (χ2v) is 7.71. The Labute approximate surface area is 161 Å². The van der Waals surface area contributed by atoms with Crippen molar-refractivity contribution in [3.63, 3.8) is 0 Å². The van der Waals surface area contributed by atoms with E-state index in [0.717, 1.165) is 17.0 Å². The van der Waals surface area contributed by atoms with Gasteiger partial charge in [-0.05, 0) is 24.6 Å². The van der Waals surface area contributed by atoms with Crippen LogP contribution in [0.3, 0.4) is 0 Å². The predicted octanol–water partition coefficient (Wildman–Crippen LogP) is 3.93. The van der Waals surface area contributed by atoms with E-state index in [9.17, 15) is 14.9 Å². The number of fused-ring (bicyclic) bond motifs is 1. The molecule has 0 fully saturated rings. The lowest BCUT2D eigenvalue weighted by Gasteiger charge is -2.23. The molecule has 1 aliphatic rings. The summed E-state index contributed by atoms with van der Waals surface area (Å²) in [5.74, 6) is 0.361. The number of nitro groups is 1. The summed E-state index contributed by atoms with van der Waals surface area (Å²) in [5.41, 5.74) is 1.27. The zero-order chi connectivity index (χ0) is 19.4. The van der Waals surface area contributed by atoms with E-state index in [2.05, 4.69) is 12.2 Å². The van der Waals surface area contributed by atoms with Crippen LogP contribution in [0, 0.1) is 10.1 Å². The van der Waals surface area contributed by atoms with Crippen LogP contribution >= 0.6 is 11.8 Å². The van der Waals surface area contributed by atoms with Crippen molar-refractivity contribution in [3.05, 3.63) is 52.6 Å². The van der Waals surface area contributed by atoms with Gasteiger partial charge in [-0.25, -0.2) is 0 Å². The number of thioether (sulfide) groups is 1. The van der Waals surface area contributed by atoms with Crippen molar-refractivity contribution in [1.29, 1.82) is 0 Å². The summed E-state index contributed by atoms with van der Waals surface area (Å²) in [6.45, 7) is 2.81. The van der Waals surface area contributed by atoms with Gasteiger partial charge in [-0.3, -0.25) is 14.9 Å². The number of nitrogens with one attached hydrogen (secondary N) is 1. The number of ether oxygens (including phenoxy) is 1. The van der Waals surface area contributed by atoms with Crippen molar-refractivity contribution in [3.8, 4) is 5.75 Å². The van der Waals surface area contributed by atoms with E-state index in [1.165, 1.54) is 25.3 Å². The second-order valence-electron chi connectivity index (χ2n) is 6.23. The highest BCUT2D eigenvalue weighted by molar-refractivity contribution is 8.00. The minimum absolute atomic E-state index is 0.0188. The van der Waals surface area contributed by atoms with Gasteiger partial charge in [0.05, 0.1) is 30.0 Å². The molecule has 0 aliphatic carbocycles. The molecule has 1 amide bonds. The summed E-state index contributed by atoms with van der Waals surface area (Å²) in [6, 6.07) is 12.1. The van der Waals surface area contributed by atoms with Crippen molar-refractivity contribution in [2.45, 2.75) is 23.5 Å². The molecule has 1 atom stereocenters. The largest absolute Gasteiger partial charge is 0.495 e. The van der Waals surface area contributed by atoms with Crippen LogP contribution in [0.1, 0.15) is 13.3 Å². The predicted molar refractivity (Wildman–Crippen MR) is 107 cm³/mol. The summed E-state index contributed by atoms with van der Waals surface area (Å²) >= 11 is 1.77. The summed E-state index contributed by atoms with van der Waals surface area (Å²) in [4.78, 5) is 26.3. The van der Waals surface area contributed by atoms with Crippen LogP contribution in [0.4, 0.5) is 17.1 Å². The molecular weight excluding hydrogens is 366 g/mol. The number of nitrogens with zero attached hydrogens (tertiary/aromatic N) is 2. The first-order valence-corrected chi connectivity index (χ1v) is 9.50. The van der Waals surface area contributed by atoms with Gasteiger partial charge in [0.1, 0.15) is 5.75 Å². The maximum Gasteiger partial charge on any atom is 0.271 e. The zero-order valence-corrected chi connectivity index (χ0v) is 16.0. The minimum atomic E-state index is -0.476. The van der Waals surface area contributed by atoms with Crippen LogP contribution in [0.2, 0.25) is 0 Å². The maximum atomic E-state index is 12.9. The van der Waals surface area contributed by atoms with Gasteiger partial charge in [0.2, 0.25) is 5.91 Å². The third-order valence-electron chi connectivity index (χ3n) is 4.37. The first-order chi connectivity index (χ1) is 13.0. The van der Waals surface area contributed by atoms with Gasteiger partial charge in [0, 0.05) is 28.8 Å². The fourth-order valence-corrected chi connectivity index (χ4v) is 4.07. The van der Waals surface area contributed by atoms with Crippen molar-refractivity contribution < 1.29 is 14.5 Å². The molecule has 0 bridgehead atoms. The van der Waals surface area contributed by atoms with E-state index in [0.29, 0.717) is 23.2 Å². The molecule has 27 heavy (non-hydrogen) atoms. The van der Waals surface area contributed by atoms with Gasteiger partial charge in [0.25, 0.3) is 5.69 Å². The fraction of sp³-hybridized carbons (Fsp3) is 0.316. The van der Waals surface area contributed by atoms with Crippen LogP contribution in [-0.4, -0.2) is 36.3 Å². The Kier molecular flexibility index (Phi) is 5.85. The molecule has 142 valence electrons. The Bertz CT molecular complexity index is 859. The molecule has 1 heterocycles. The van der Waals surface area contributed by atoms with Crippen LogP contribution in [0.25, 0.3) is 0 Å². The third kappa shape index (κ3) is 4.33. The number of rotatable bonds is 5. The molecular formula is C19H21N3O4S. The van der Waals surface area contributed by atoms with Crippen molar-refractivity contribution in [2.75, 3.05) is 30.4 Å². The van der Waals surface area contributed by atoms with Crippen molar-refractivity contribution >= 4 is 34.7 Å². The standard InChI is InChI=1S/C19H21N3O4S/c1-13-9-10-21(16-5-3-4-6-18(16)27-13)19(23)12-20-15-11-14(22(24)25)7-8-17(15)26-2/h3-8,11,13,20H,9-10,12H2,1-2H3/t13-/m0/s1. The summed E-state index contributed by atoms with van der Waals surface area (Å²) in [5, 5.41) is 14.4. The molecule has 0 saturated heterocycles. The quantitative estimate of drug-likeness (QED) is 0.618. The number of hydrogen-bond donors (Lipinski definition) is 1. The second kappa shape index (κ2) is 8.30. The molecule has 1 aliphatic heterocycles. The van der Waals surface area contributed by atoms with E-state index in [1.807, 2.05) is 24.3 Å². The molecule has 7 nitrogen and oxygen atoms in total. The topological polar surface area (TPSA) is 84.7 Å². The lowest BCUT2D eigenvalue weighted by atomic mass is 10.2. The molecule has 0 saturated carbocycles. The number of methoxy groups -OCH3 is 1. The Morgan fingerprint density at radius 3 is 2.89 bits per heavy atom. The van der Waals surface area contributed by atoms with Gasteiger partial charge in [-0.1, -0.05) is 19.1 Å². The van der Waals surface area contributed by atoms with Crippen LogP contribution < -0.4 is 15.0 Å². The van der Waals surface area contributed by atoms with E-state index < -0.39 is 4.92 Å². The normalized spacial score (nSPS) is 16.2. The SMILES string of the molecule is COc1ccc([N+](=O)[O-])cc1NCC(=O)N1CC[C@H](C)Sc2ccccc21. The van der Waals surface area contributed by atoms with Gasteiger partial charge >= 0.3 is 0 Å². The summed E-state index contributed by atoms with van der Waals surface area (Å²) < 4.78 is 5.23. The molecule has 0 aromatic heterocycles. The summed E-state index contributed by atoms with van der Waals surface area (Å²) in [6.07, 6.45) is 0.894. The molecule has 0 radical (unpaired) electrons. The number of nitro benzene ring substituents is 1. The van der Waals surface area contributed by atoms with E-state index >= 15 is 0 Å². The first kappa shape index (κ1) is 19.0. The van der Waals surface area contributed by atoms with Gasteiger partial charge in [0.15, 0.2) is 0 Å². The molecule has 8 heteroatoms. The monoisotopic (exact) mass is 387 g/mol. The third-order valence-corrected chi connectivity index (χ3v) is 5.61. The number of hydrogen-bond acceptors (Lipinski definition) is 6. The molecule has 0 spiro atoms. The molecule has 2 aromatic rings. The smallest absolute Gasteiger partial charge is 0.271 e. The van der Waals surface area contributed by atoms with Gasteiger partial charge in [-0.15, -0.1) is 11.8 Å². The lowest BCUT2D eigenvalue weighted by Crippen LogP contribution is -2.36. The van der Waals surface area contributed by atoms with Crippen molar-refractivity contribution in [2.24, 2.45) is 0 Å². The molecule has 2 aromatic carbocycles. The number of anilines is 2. The Hall–Kier alpha value is -2.74. The van der Waals surface area contributed by atoms with Gasteiger partial charge in [-0.2, -0.15) is 0 Å². The number of benzene rings is 2. The van der Waals surface area contributed by atoms with E-state index in [-0.39, 0.29) is 18.1 Å². The Morgan fingerprint density at radius 1 is 1.37 bits per heavy atom. The average molecular weight is 387 g/mol. The number of carbonyl (C=O) groups is 1. The first-order valence-electron chi connectivity index (χ1n) is 8.62. The number of para-hydroxylation sites is 1. The number of amides is 1. The summed E-state index contributed by atoms with van der Waals surface area (Å²) in [7, 11) is 1.48. The highest BCUT2D eigenvalue weighted by Crippen LogP contribution is 2.37. The molecule has 0 unspecified atom stereocenters. The average Bonchev–Trinajstić information content (AvgIpc) is 2.84. The fourth-order valence-electron chi connectivity index (χ4n) is 2.96. The van der Waals surface area contributed by atoms with Crippen molar-refractivity contribution in [1.82, 2.24) is 0 Å². The Balaban J connectivity index is 1.78. The van der Waals surface area contributed by atoms with E-state index in [1.54, 1.807) is 16.7 Å². The highest BCUT2D eigenvalue weighted by atomic mass is 32.2. The van der Waals surface area contributed by atoms with Crippen LogP contribution in [-0.2, 0) is 4.79 Å². The highest BCUT2D eigenvalue weighted by Gasteiger charge is 2.24. The van der Waals surface area contributed by atoms with Crippen LogP contribution in [0.15, 0.2) is 47.4 Å². The Morgan fingerprint density at radius 2 is 2.15 bits per heavy atom.